The zero-order valence-corrected chi connectivity index (χ0v) is 7.89. The van der Waals surface area contributed by atoms with Crippen LogP contribution in [-0.4, -0.2) is 15.0 Å². The Kier molecular flexibility index (Phi) is 2.70. The minimum absolute atomic E-state index is 0.330. The topological polar surface area (TPSA) is 68.8 Å². The smallest absolute Gasteiger partial charge is 0.125 e. The summed E-state index contributed by atoms with van der Waals surface area (Å²) in [6.07, 6.45) is 3.06. The average molecular weight is 207 g/mol. The molecular weight excluding hydrogens is 197 g/mol. The number of hydrogen-bond acceptors (Lipinski definition) is 4. The first-order valence-corrected chi connectivity index (χ1v) is 4.40. The van der Waals surface area contributed by atoms with Gasteiger partial charge in [0.25, 0.3) is 0 Å². The summed E-state index contributed by atoms with van der Waals surface area (Å²) in [4.78, 5) is 1.36. The van der Waals surface area contributed by atoms with E-state index in [1.807, 2.05) is 0 Å². The molecule has 5 nitrogen and oxygen atoms in total. The highest BCUT2D eigenvalue weighted by Crippen LogP contribution is 2.14. The lowest BCUT2D eigenvalue weighted by atomic mass is 10.2. The Labute approximate surface area is 85.7 Å². The van der Waals surface area contributed by atoms with Crippen LogP contribution in [0.5, 0.6) is 0 Å². The van der Waals surface area contributed by atoms with Crippen LogP contribution in [0, 0.1) is 5.82 Å². The predicted octanol–water partition coefficient (Wildman–Crippen LogP) is 0.370. The van der Waals surface area contributed by atoms with E-state index in [0.29, 0.717) is 12.2 Å². The molecule has 0 radical (unpaired) electrons. The van der Waals surface area contributed by atoms with Gasteiger partial charge in [-0.15, -0.1) is 0 Å². The van der Waals surface area contributed by atoms with Gasteiger partial charge in [-0.2, -0.15) is 15.0 Å². The van der Waals surface area contributed by atoms with Gasteiger partial charge in [0.2, 0.25) is 0 Å². The second-order valence-electron chi connectivity index (χ2n) is 2.97. The quantitative estimate of drug-likeness (QED) is 0.563. The zero-order valence-electron chi connectivity index (χ0n) is 7.89. The van der Waals surface area contributed by atoms with Gasteiger partial charge in [0, 0.05) is 12.6 Å². The fourth-order valence-electron chi connectivity index (χ4n) is 1.32. The van der Waals surface area contributed by atoms with Crippen molar-refractivity contribution in [1.82, 2.24) is 20.4 Å². The molecule has 0 spiro atoms. The van der Waals surface area contributed by atoms with E-state index in [1.54, 1.807) is 6.07 Å². The van der Waals surface area contributed by atoms with E-state index in [4.69, 9.17) is 5.84 Å². The summed E-state index contributed by atoms with van der Waals surface area (Å²) in [5.74, 6) is 4.90. The Balaban J connectivity index is 2.47. The third kappa shape index (κ3) is 2.00. The molecule has 6 heteroatoms. The highest BCUT2D eigenvalue weighted by molar-refractivity contribution is 5.39. The molecule has 0 aliphatic rings. The average Bonchev–Trinajstić information content (AvgIpc) is 2.74. The third-order valence-electron chi connectivity index (χ3n) is 1.97. The minimum Gasteiger partial charge on any atom is -0.271 e. The lowest BCUT2D eigenvalue weighted by Gasteiger charge is -2.07. The number of nitrogens with two attached hydrogens (primary N) is 1. The first-order valence-electron chi connectivity index (χ1n) is 4.40. The summed E-state index contributed by atoms with van der Waals surface area (Å²) in [5.41, 5.74) is 3.92. The van der Waals surface area contributed by atoms with Gasteiger partial charge in [-0.1, -0.05) is 6.07 Å². The van der Waals surface area contributed by atoms with Gasteiger partial charge >= 0.3 is 0 Å². The van der Waals surface area contributed by atoms with Gasteiger partial charge in [-0.05, 0) is 11.6 Å². The number of halogens is 1. The van der Waals surface area contributed by atoms with Crippen molar-refractivity contribution >= 4 is 0 Å². The van der Waals surface area contributed by atoms with Crippen LogP contribution >= 0.6 is 0 Å². The molecule has 1 aromatic heterocycles. The molecular formula is C9H10FN5. The molecule has 0 aliphatic heterocycles. The monoisotopic (exact) mass is 207 g/mol. The van der Waals surface area contributed by atoms with Crippen LogP contribution in [0.4, 0.5) is 4.39 Å². The van der Waals surface area contributed by atoms with Gasteiger partial charge in [0.1, 0.15) is 5.82 Å². The van der Waals surface area contributed by atoms with Gasteiger partial charge in [-0.3, -0.25) is 11.3 Å². The Morgan fingerprint density at radius 3 is 2.73 bits per heavy atom. The van der Waals surface area contributed by atoms with Crippen molar-refractivity contribution in [2.24, 2.45) is 5.84 Å². The number of hydrogen-bond donors (Lipinski definition) is 2. The molecule has 0 bridgehead atoms. The molecule has 2 aromatic rings. The fourth-order valence-corrected chi connectivity index (χ4v) is 1.32. The largest absolute Gasteiger partial charge is 0.271 e. The number of rotatable bonds is 3. The van der Waals surface area contributed by atoms with Crippen LogP contribution in [-0.2, 0) is 6.54 Å². The number of nitrogens with zero attached hydrogens (tertiary/aromatic N) is 3. The lowest BCUT2D eigenvalue weighted by Crippen LogP contribution is -2.22. The first kappa shape index (κ1) is 9.75. The van der Waals surface area contributed by atoms with Crippen LogP contribution in [0.2, 0.25) is 0 Å². The molecule has 0 atom stereocenters. The van der Waals surface area contributed by atoms with E-state index in [9.17, 15) is 4.39 Å². The highest BCUT2D eigenvalue weighted by atomic mass is 19.1. The number of benzene rings is 1. The van der Waals surface area contributed by atoms with Crippen molar-refractivity contribution in [1.29, 1.82) is 0 Å². The second-order valence-corrected chi connectivity index (χ2v) is 2.97. The van der Waals surface area contributed by atoms with E-state index >= 15 is 0 Å². The molecule has 3 N–H and O–H groups in total. The molecule has 15 heavy (non-hydrogen) atoms. The molecule has 2 rings (SSSR count). The molecule has 0 amide bonds. The summed E-state index contributed by atoms with van der Waals surface area (Å²) in [6, 6.07) is 4.39. The standard InChI is InChI=1S/C9H10FN5/c10-8-2-1-7(6-12-11)9(5-8)15-13-3-4-14-15/h1-5,12H,6,11H2. The Morgan fingerprint density at radius 2 is 2.07 bits per heavy atom. The van der Waals surface area contributed by atoms with Gasteiger partial charge in [0.05, 0.1) is 18.1 Å². The Hall–Kier alpha value is -1.79. The number of hydrazine groups is 1. The summed E-state index contributed by atoms with van der Waals surface area (Å²) < 4.78 is 13.1. The van der Waals surface area contributed by atoms with Crippen molar-refractivity contribution in [3.8, 4) is 5.69 Å². The highest BCUT2D eigenvalue weighted by Gasteiger charge is 2.06. The van der Waals surface area contributed by atoms with Gasteiger partial charge < -0.3 is 0 Å². The number of nitrogens with one attached hydrogen (secondary N) is 1. The SMILES string of the molecule is NNCc1ccc(F)cc1-n1nccn1. The summed E-state index contributed by atoms with van der Waals surface area (Å²) in [7, 11) is 0. The summed E-state index contributed by atoms with van der Waals surface area (Å²) >= 11 is 0. The van der Waals surface area contributed by atoms with Crippen molar-refractivity contribution < 1.29 is 4.39 Å². The van der Waals surface area contributed by atoms with Crippen molar-refractivity contribution in [3.05, 3.63) is 42.0 Å². The summed E-state index contributed by atoms with van der Waals surface area (Å²) in [6.45, 7) is 0.428. The molecule has 78 valence electrons. The van der Waals surface area contributed by atoms with Crippen molar-refractivity contribution in [3.63, 3.8) is 0 Å². The fraction of sp³-hybridized carbons (Fsp3) is 0.111. The van der Waals surface area contributed by atoms with Crippen LogP contribution in [0.15, 0.2) is 30.6 Å². The number of aromatic nitrogens is 3. The van der Waals surface area contributed by atoms with E-state index in [2.05, 4.69) is 15.6 Å². The minimum atomic E-state index is -0.330. The summed E-state index contributed by atoms with van der Waals surface area (Å²) in [5, 5.41) is 7.88. The maximum Gasteiger partial charge on any atom is 0.125 e. The Morgan fingerprint density at radius 1 is 1.33 bits per heavy atom. The van der Waals surface area contributed by atoms with Crippen LogP contribution < -0.4 is 11.3 Å². The molecule has 0 unspecified atom stereocenters. The van der Waals surface area contributed by atoms with E-state index in [-0.39, 0.29) is 5.82 Å². The molecule has 1 heterocycles. The van der Waals surface area contributed by atoms with Crippen LogP contribution in [0.25, 0.3) is 5.69 Å². The molecule has 0 fully saturated rings. The predicted molar refractivity (Wildman–Crippen MR) is 52.3 cm³/mol. The normalized spacial score (nSPS) is 10.5. The Bertz CT molecular complexity index is 440. The molecule has 0 saturated heterocycles. The molecule has 0 aliphatic carbocycles. The first-order chi connectivity index (χ1) is 7.31. The van der Waals surface area contributed by atoms with Crippen LogP contribution in [0.3, 0.4) is 0 Å². The maximum atomic E-state index is 13.1. The van der Waals surface area contributed by atoms with Gasteiger partial charge in [-0.25, -0.2) is 4.39 Å². The lowest BCUT2D eigenvalue weighted by molar-refractivity contribution is 0.618. The van der Waals surface area contributed by atoms with Crippen molar-refractivity contribution in [2.45, 2.75) is 6.54 Å². The molecule has 1 aromatic carbocycles. The van der Waals surface area contributed by atoms with E-state index in [0.717, 1.165) is 5.56 Å². The maximum absolute atomic E-state index is 13.1. The van der Waals surface area contributed by atoms with Crippen LogP contribution in [0.1, 0.15) is 5.56 Å². The third-order valence-corrected chi connectivity index (χ3v) is 1.97. The van der Waals surface area contributed by atoms with Crippen molar-refractivity contribution in [2.75, 3.05) is 0 Å². The zero-order chi connectivity index (χ0) is 10.7. The van der Waals surface area contributed by atoms with Gasteiger partial charge in [0.15, 0.2) is 0 Å². The second kappa shape index (κ2) is 4.16. The molecule has 0 saturated carbocycles. The van der Waals surface area contributed by atoms with E-state index < -0.39 is 0 Å². The van der Waals surface area contributed by atoms with E-state index in [1.165, 1.54) is 29.3 Å².